The standard InChI is InChI=1S/C14H15NO5/c1-4-20-14(17)10(8-15)13(16)9-5-6-11(18-2)12(7-9)19-3/h5-7,10H,4H2,1-3H3. The molecule has 20 heavy (non-hydrogen) atoms. The van der Waals surface area contributed by atoms with Crippen molar-refractivity contribution in [1.29, 1.82) is 5.26 Å². The number of hydrogen-bond acceptors (Lipinski definition) is 6. The largest absolute Gasteiger partial charge is 0.493 e. The van der Waals surface area contributed by atoms with E-state index in [2.05, 4.69) is 0 Å². The highest BCUT2D eigenvalue weighted by Crippen LogP contribution is 2.28. The van der Waals surface area contributed by atoms with Crippen molar-refractivity contribution in [1.82, 2.24) is 0 Å². The quantitative estimate of drug-likeness (QED) is 0.446. The first-order chi connectivity index (χ1) is 9.58. The molecule has 1 atom stereocenters. The third-order valence-corrected chi connectivity index (χ3v) is 2.58. The van der Waals surface area contributed by atoms with Crippen molar-refractivity contribution < 1.29 is 23.8 Å². The van der Waals surface area contributed by atoms with E-state index in [4.69, 9.17) is 19.5 Å². The lowest BCUT2D eigenvalue weighted by Crippen LogP contribution is -2.25. The third-order valence-electron chi connectivity index (χ3n) is 2.58. The predicted octanol–water partition coefficient (Wildman–Crippen LogP) is 1.59. The van der Waals surface area contributed by atoms with Crippen LogP contribution < -0.4 is 9.47 Å². The molecular formula is C14H15NO5. The Morgan fingerprint density at radius 1 is 1.25 bits per heavy atom. The van der Waals surface area contributed by atoms with E-state index in [0.29, 0.717) is 11.5 Å². The summed E-state index contributed by atoms with van der Waals surface area (Å²) in [6, 6.07) is 6.08. The maximum atomic E-state index is 12.1. The van der Waals surface area contributed by atoms with Gasteiger partial charge >= 0.3 is 5.97 Å². The summed E-state index contributed by atoms with van der Waals surface area (Å²) in [6.07, 6.45) is 0. The zero-order chi connectivity index (χ0) is 15.1. The molecule has 0 bridgehead atoms. The van der Waals surface area contributed by atoms with Gasteiger partial charge in [-0.2, -0.15) is 5.26 Å². The molecule has 0 N–H and O–H groups in total. The number of ketones is 1. The topological polar surface area (TPSA) is 85.6 Å². The number of carbonyl (C=O) groups excluding carboxylic acids is 2. The van der Waals surface area contributed by atoms with E-state index >= 15 is 0 Å². The van der Waals surface area contributed by atoms with Crippen LogP contribution in [0.15, 0.2) is 18.2 Å². The minimum atomic E-state index is -1.48. The second-order valence-corrected chi connectivity index (χ2v) is 3.75. The molecule has 0 aliphatic rings. The Morgan fingerprint density at radius 3 is 2.40 bits per heavy atom. The number of rotatable bonds is 6. The Kier molecular flexibility index (Phi) is 5.54. The molecule has 106 valence electrons. The Bertz CT molecular complexity index is 547. The van der Waals surface area contributed by atoms with Gasteiger partial charge in [-0.3, -0.25) is 9.59 Å². The van der Waals surface area contributed by atoms with E-state index in [1.54, 1.807) is 13.0 Å². The molecule has 6 nitrogen and oxygen atoms in total. The predicted molar refractivity (Wildman–Crippen MR) is 69.6 cm³/mol. The number of Topliss-reactive ketones (excluding diaryl/α,β-unsaturated/α-hetero) is 1. The van der Waals surface area contributed by atoms with E-state index in [-0.39, 0.29) is 12.2 Å². The van der Waals surface area contributed by atoms with Gasteiger partial charge in [-0.1, -0.05) is 0 Å². The van der Waals surface area contributed by atoms with Crippen molar-refractivity contribution in [3.8, 4) is 17.6 Å². The Balaban J connectivity index is 3.08. The average molecular weight is 277 g/mol. The second-order valence-electron chi connectivity index (χ2n) is 3.75. The van der Waals surface area contributed by atoms with Gasteiger partial charge in [0.05, 0.1) is 26.9 Å². The summed E-state index contributed by atoms with van der Waals surface area (Å²) < 4.78 is 14.8. The van der Waals surface area contributed by atoms with Crippen LogP contribution in [0.2, 0.25) is 0 Å². The van der Waals surface area contributed by atoms with Gasteiger partial charge in [-0.15, -0.1) is 0 Å². The highest BCUT2D eigenvalue weighted by Gasteiger charge is 2.29. The minimum absolute atomic E-state index is 0.107. The van der Waals surface area contributed by atoms with Crippen LogP contribution in [0.5, 0.6) is 11.5 Å². The Hall–Kier alpha value is -2.55. The fraction of sp³-hybridized carbons (Fsp3) is 0.357. The molecule has 0 aromatic heterocycles. The lowest BCUT2D eigenvalue weighted by Gasteiger charge is -2.11. The number of methoxy groups -OCH3 is 2. The first kappa shape index (κ1) is 15.5. The van der Waals surface area contributed by atoms with Gasteiger partial charge in [-0.25, -0.2) is 0 Å². The molecule has 0 fully saturated rings. The van der Waals surface area contributed by atoms with Crippen molar-refractivity contribution in [2.45, 2.75) is 6.92 Å². The summed E-state index contributed by atoms with van der Waals surface area (Å²) in [7, 11) is 2.90. The fourth-order valence-corrected chi connectivity index (χ4v) is 1.60. The van der Waals surface area contributed by atoms with Crippen LogP contribution in [0.3, 0.4) is 0 Å². The van der Waals surface area contributed by atoms with Crippen molar-refractivity contribution in [2.24, 2.45) is 5.92 Å². The molecule has 0 heterocycles. The zero-order valence-corrected chi connectivity index (χ0v) is 11.5. The van der Waals surface area contributed by atoms with Crippen molar-refractivity contribution in [3.63, 3.8) is 0 Å². The third kappa shape index (κ3) is 3.26. The smallest absolute Gasteiger partial charge is 0.331 e. The van der Waals surface area contributed by atoms with E-state index in [9.17, 15) is 9.59 Å². The van der Waals surface area contributed by atoms with Crippen LogP contribution in [0.1, 0.15) is 17.3 Å². The van der Waals surface area contributed by atoms with Gasteiger partial charge in [0.2, 0.25) is 5.92 Å². The molecule has 0 amide bonds. The molecule has 1 rings (SSSR count). The monoisotopic (exact) mass is 277 g/mol. The van der Waals surface area contributed by atoms with E-state index in [1.807, 2.05) is 0 Å². The lowest BCUT2D eigenvalue weighted by atomic mass is 9.98. The first-order valence-corrected chi connectivity index (χ1v) is 5.91. The van der Waals surface area contributed by atoms with E-state index in [0.717, 1.165) is 0 Å². The minimum Gasteiger partial charge on any atom is -0.493 e. The number of nitrogens with zero attached hydrogens (tertiary/aromatic N) is 1. The van der Waals surface area contributed by atoms with Crippen LogP contribution in [0, 0.1) is 17.2 Å². The normalized spacial score (nSPS) is 11.1. The van der Waals surface area contributed by atoms with Crippen molar-refractivity contribution in [3.05, 3.63) is 23.8 Å². The highest BCUT2D eigenvalue weighted by atomic mass is 16.5. The molecular weight excluding hydrogens is 262 g/mol. The van der Waals surface area contributed by atoms with Crippen LogP contribution in [-0.4, -0.2) is 32.6 Å². The highest BCUT2D eigenvalue weighted by molar-refractivity contribution is 6.10. The molecule has 0 saturated carbocycles. The average Bonchev–Trinajstić information content (AvgIpc) is 2.47. The number of esters is 1. The van der Waals surface area contributed by atoms with Crippen LogP contribution in [0.4, 0.5) is 0 Å². The van der Waals surface area contributed by atoms with Gasteiger partial charge in [0, 0.05) is 5.56 Å². The molecule has 1 aromatic carbocycles. The molecule has 0 aliphatic heterocycles. The van der Waals surface area contributed by atoms with Crippen molar-refractivity contribution in [2.75, 3.05) is 20.8 Å². The molecule has 0 saturated heterocycles. The molecule has 0 spiro atoms. The van der Waals surface area contributed by atoms with Crippen molar-refractivity contribution >= 4 is 11.8 Å². The zero-order valence-electron chi connectivity index (χ0n) is 11.5. The van der Waals surface area contributed by atoms with Crippen LogP contribution in [0.25, 0.3) is 0 Å². The summed E-state index contributed by atoms with van der Waals surface area (Å²) in [6.45, 7) is 1.71. The Morgan fingerprint density at radius 2 is 1.90 bits per heavy atom. The molecule has 1 aromatic rings. The lowest BCUT2D eigenvalue weighted by molar-refractivity contribution is -0.144. The van der Waals surface area contributed by atoms with Gasteiger partial charge in [0.25, 0.3) is 0 Å². The number of nitriles is 1. The summed E-state index contributed by atoms with van der Waals surface area (Å²) >= 11 is 0. The summed E-state index contributed by atoms with van der Waals surface area (Å²) in [5, 5.41) is 8.95. The molecule has 6 heteroatoms. The fourth-order valence-electron chi connectivity index (χ4n) is 1.60. The first-order valence-electron chi connectivity index (χ1n) is 5.91. The SMILES string of the molecule is CCOC(=O)C(C#N)C(=O)c1ccc(OC)c(OC)c1. The Labute approximate surface area is 116 Å². The summed E-state index contributed by atoms with van der Waals surface area (Å²) in [5.74, 6) is -2.16. The molecule has 0 radical (unpaired) electrons. The molecule has 1 unspecified atom stereocenters. The second kappa shape index (κ2) is 7.14. The maximum absolute atomic E-state index is 12.1. The molecule has 0 aliphatic carbocycles. The number of ether oxygens (including phenoxy) is 3. The number of benzene rings is 1. The van der Waals surface area contributed by atoms with Gasteiger partial charge in [-0.05, 0) is 25.1 Å². The van der Waals surface area contributed by atoms with E-state index in [1.165, 1.54) is 32.4 Å². The summed E-state index contributed by atoms with van der Waals surface area (Å²) in [4.78, 5) is 23.7. The maximum Gasteiger partial charge on any atom is 0.331 e. The number of carbonyl (C=O) groups is 2. The van der Waals surface area contributed by atoms with Gasteiger partial charge < -0.3 is 14.2 Å². The van der Waals surface area contributed by atoms with Gasteiger partial charge in [0.15, 0.2) is 17.3 Å². The number of hydrogen-bond donors (Lipinski definition) is 0. The van der Waals surface area contributed by atoms with E-state index < -0.39 is 17.7 Å². The van der Waals surface area contributed by atoms with Gasteiger partial charge in [0.1, 0.15) is 0 Å². The van der Waals surface area contributed by atoms with Crippen LogP contribution >= 0.6 is 0 Å². The summed E-state index contributed by atoms with van der Waals surface area (Å²) in [5.41, 5.74) is 0.183. The van der Waals surface area contributed by atoms with Crippen LogP contribution in [-0.2, 0) is 9.53 Å².